The maximum absolute atomic E-state index is 12.3. The van der Waals surface area contributed by atoms with E-state index in [0.717, 1.165) is 9.69 Å². The first kappa shape index (κ1) is 18.5. The van der Waals surface area contributed by atoms with Gasteiger partial charge in [0.15, 0.2) is 5.58 Å². The molecule has 0 unspecified atom stereocenters. The molecular formula is C17H16ClNO6S. The summed E-state index contributed by atoms with van der Waals surface area (Å²) in [6.07, 6.45) is 0. The van der Waals surface area contributed by atoms with E-state index in [4.69, 9.17) is 25.2 Å². The number of furan rings is 2. The van der Waals surface area contributed by atoms with Crippen LogP contribution in [0, 0.1) is 6.92 Å². The van der Waals surface area contributed by atoms with Gasteiger partial charge in [0.1, 0.15) is 12.4 Å². The number of hydrogen-bond acceptors (Lipinski definition) is 6. The zero-order valence-corrected chi connectivity index (χ0v) is 15.8. The fraction of sp³-hybridized carbons (Fsp3) is 0.235. The highest BCUT2D eigenvalue weighted by molar-refractivity contribution is 7.88. The van der Waals surface area contributed by atoms with Gasteiger partial charge in [0, 0.05) is 25.0 Å². The van der Waals surface area contributed by atoms with Crippen LogP contribution in [0.1, 0.15) is 21.9 Å². The van der Waals surface area contributed by atoms with Gasteiger partial charge in [-0.25, -0.2) is 17.5 Å². The minimum absolute atomic E-state index is 0.0424. The fourth-order valence-corrected chi connectivity index (χ4v) is 3.39. The van der Waals surface area contributed by atoms with Gasteiger partial charge in [-0.3, -0.25) is 0 Å². The molecule has 0 fully saturated rings. The molecule has 9 heteroatoms. The molecular weight excluding hydrogens is 382 g/mol. The van der Waals surface area contributed by atoms with Crippen molar-refractivity contribution >= 4 is 38.6 Å². The molecule has 0 radical (unpaired) electrons. The zero-order valence-electron chi connectivity index (χ0n) is 14.3. The minimum Gasteiger partial charge on any atom is -0.452 e. The number of ether oxygens (including phenoxy) is 1. The van der Waals surface area contributed by atoms with Crippen LogP contribution in [0.15, 0.2) is 44.3 Å². The molecule has 0 spiro atoms. The number of esters is 1. The van der Waals surface area contributed by atoms with Crippen LogP contribution in [-0.2, 0) is 21.4 Å². The smallest absolute Gasteiger partial charge is 0.375 e. The third kappa shape index (κ3) is 3.23. The predicted molar refractivity (Wildman–Crippen MR) is 94.7 cm³/mol. The largest absolute Gasteiger partial charge is 0.452 e. The van der Waals surface area contributed by atoms with E-state index in [1.807, 2.05) is 0 Å². The summed E-state index contributed by atoms with van der Waals surface area (Å²) in [5.41, 5.74) is 1.03. The van der Waals surface area contributed by atoms with Crippen molar-refractivity contribution in [3.05, 3.63) is 52.4 Å². The van der Waals surface area contributed by atoms with Crippen molar-refractivity contribution in [1.82, 2.24) is 4.31 Å². The molecule has 0 N–H and O–H groups in total. The average molecular weight is 398 g/mol. The highest BCUT2D eigenvalue weighted by Gasteiger charge is 2.23. The molecule has 0 aliphatic rings. The van der Waals surface area contributed by atoms with Gasteiger partial charge in [-0.2, -0.15) is 0 Å². The number of halogens is 1. The number of benzene rings is 1. The van der Waals surface area contributed by atoms with Crippen molar-refractivity contribution < 1.29 is 26.8 Å². The Morgan fingerprint density at radius 2 is 1.92 bits per heavy atom. The Morgan fingerprint density at radius 1 is 1.19 bits per heavy atom. The predicted octanol–water partition coefficient (Wildman–Crippen LogP) is 3.59. The normalized spacial score (nSPS) is 12.0. The first-order valence-corrected chi connectivity index (χ1v) is 9.39. The standard InChI is InChI=1S/C17H16ClNO6S/c1-10-12-5-4-6-13(18)16(12)25-15(10)17(20)23-9-11-7-8-14(24-11)26(21,22)19(2)3/h4-8H,9H2,1-3H3. The topological polar surface area (TPSA) is 90.0 Å². The fourth-order valence-electron chi connectivity index (χ4n) is 2.36. The Morgan fingerprint density at radius 3 is 2.58 bits per heavy atom. The summed E-state index contributed by atoms with van der Waals surface area (Å²) in [7, 11) is -0.891. The van der Waals surface area contributed by atoms with Crippen LogP contribution in [0.25, 0.3) is 11.0 Å². The van der Waals surface area contributed by atoms with Gasteiger partial charge in [0.25, 0.3) is 10.0 Å². The van der Waals surface area contributed by atoms with Crippen LogP contribution in [0.4, 0.5) is 0 Å². The van der Waals surface area contributed by atoms with E-state index >= 15 is 0 Å². The number of para-hydroxylation sites is 1. The number of carbonyl (C=O) groups excluding carboxylic acids is 1. The molecule has 3 aromatic rings. The van der Waals surface area contributed by atoms with Crippen LogP contribution < -0.4 is 0 Å². The maximum atomic E-state index is 12.3. The molecule has 138 valence electrons. The van der Waals surface area contributed by atoms with Crippen LogP contribution in [0.3, 0.4) is 0 Å². The van der Waals surface area contributed by atoms with Crippen molar-refractivity contribution in [1.29, 1.82) is 0 Å². The van der Waals surface area contributed by atoms with Gasteiger partial charge >= 0.3 is 5.97 Å². The number of aryl methyl sites for hydroxylation is 1. The molecule has 0 aliphatic heterocycles. The van der Waals surface area contributed by atoms with Crippen LogP contribution in [-0.4, -0.2) is 32.8 Å². The summed E-state index contributed by atoms with van der Waals surface area (Å²) < 4.78 is 40.9. The van der Waals surface area contributed by atoms with E-state index in [9.17, 15) is 13.2 Å². The molecule has 0 bridgehead atoms. The average Bonchev–Trinajstić information content (AvgIpc) is 3.19. The summed E-state index contributed by atoms with van der Waals surface area (Å²) in [6, 6.07) is 7.97. The van der Waals surface area contributed by atoms with Crippen molar-refractivity contribution in [2.75, 3.05) is 14.1 Å². The van der Waals surface area contributed by atoms with E-state index < -0.39 is 16.0 Å². The van der Waals surface area contributed by atoms with Gasteiger partial charge in [-0.1, -0.05) is 23.7 Å². The maximum Gasteiger partial charge on any atom is 0.375 e. The van der Waals surface area contributed by atoms with Crippen LogP contribution in [0.2, 0.25) is 5.02 Å². The van der Waals surface area contributed by atoms with Gasteiger partial charge in [0.2, 0.25) is 10.9 Å². The molecule has 0 amide bonds. The molecule has 3 rings (SSSR count). The van der Waals surface area contributed by atoms with E-state index in [1.54, 1.807) is 25.1 Å². The van der Waals surface area contributed by atoms with Gasteiger partial charge < -0.3 is 13.6 Å². The second-order valence-corrected chi connectivity index (χ2v) is 8.25. The quantitative estimate of drug-likeness (QED) is 0.611. The first-order valence-electron chi connectivity index (χ1n) is 7.58. The number of sulfonamides is 1. The number of hydrogen-bond donors (Lipinski definition) is 0. The number of fused-ring (bicyclic) bond motifs is 1. The lowest BCUT2D eigenvalue weighted by Gasteiger charge is -2.07. The molecule has 1 aromatic carbocycles. The second kappa shape index (κ2) is 6.79. The molecule has 0 saturated carbocycles. The van der Waals surface area contributed by atoms with Crippen molar-refractivity contribution in [2.45, 2.75) is 18.6 Å². The zero-order chi connectivity index (χ0) is 19.1. The lowest BCUT2D eigenvalue weighted by Crippen LogP contribution is -2.21. The number of rotatable bonds is 5. The van der Waals surface area contributed by atoms with Crippen molar-refractivity contribution in [2.24, 2.45) is 0 Å². The minimum atomic E-state index is -3.68. The SMILES string of the molecule is Cc1c(C(=O)OCc2ccc(S(=O)(=O)N(C)C)o2)oc2c(Cl)cccc12. The van der Waals surface area contributed by atoms with Crippen LogP contribution in [0.5, 0.6) is 0 Å². The summed E-state index contributed by atoms with van der Waals surface area (Å²) in [6.45, 7) is 1.50. The third-order valence-electron chi connectivity index (χ3n) is 3.82. The van der Waals surface area contributed by atoms with Crippen molar-refractivity contribution in [3.8, 4) is 0 Å². The summed E-state index contributed by atoms with van der Waals surface area (Å²) in [5, 5.41) is 0.899. The summed E-state index contributed by atoms with van der Waals surface area (Å²) >= 11 is 6.07. The molecule has 26 heavy (non-hydrogen) atoms. The van der Waals surface area contributed by atoms with Crippen molar-refractivity contribution in [3.63, 3.8) is 0 Å². The first-order chi connectivity index (χ1) is 12.2. The Kier molecular flexibility index (Phi) is 4.83. The van der Waals surface area contributed by atoms with Crippen LogP contribution >= 0.6 is 11.6 Å². The van der Waals surface area contributed by atoms with Gasteiger partial charge in [0.05, 0.1) is 5.02 Å². The Hall–Kier alpha value is -2.29. The molecule has 2 aromatic heterocycles. The molecule has 0 aliphatic carbocycles. The monoisotopic (exact) mass is 397 g/mol. The highest BCUT2D eigenvalue weighted by atomic mass is 35.5. The van der Waals surface area contributed by atoms with E-state index in [-0.39, 0.29) is 23.2 Å². The van der Waals surface area contributed by atoms with E-state index in [0.29, 0.717) is 16.2 Å². The second-order valence-electron chi connectivity index (χ2n) is 5.76. The highest BCUT2D eigenvalue weighted by Crippen LogP contribution is 2.31. The lowest BCUT2D eigenvalue weighted by atomic mass is 10.1. The molecule has 0 saturated heterocycles. The van der Waals surface area contributed by atoms with Gasteiger partial charge in [-0.05, 0) is 25.1 Å². The Labute approximate surface area is 155 Å². The Balaban J connectivity index is 1.77. The number of nitrogens with zero attached hydrogens (tertiary/aromatic N) is 1. The van der Waals surface area contributed by atoms with Gasteiger partial charge in [-0.15, -0.1) is 0 Å². The lowest BCUT2D eigenvalue weighted by molar-refractivity contribution is 0.0406. The summed E-state index contributed by atoms with van der Waals surface area (Å²) in [4.78, 5) is 12.3. The third-order valence-corrected chi connectivity index (χ3v) is 5.81. The van der Waals surface area contributed by atoms with E-state index in [2.05, 4.69) is 0 Å². The van der Waals surface area contributed by atoms with E-state index in [1.165, 1.54) is 26.2 Å². The molecule has 0 atom stereocenters. The Bertz CT molecular complexity index is 1080. The summed E-state index contributed by atoms with van der Waals surface area (Å²) in [5.74, 6) is -0.449. The molecule has 2 heterocycles. The molecule has 7 nitrogen and oxygen atoms in total. The number of carbonyl (C=O) groups is 1.